The molecular formula is C16H20F3N5OS. The lowest BCUT2D eigenvalue weighted by Gasteiger charge is -2.22. The number of halogens is 3. The van der Waals surface area contributed by atoms with E-state index in [4.69, 9.17) is 5.84 Å². The molecule has 1 amide bonds. The molecule has 1 heterocycles. The van der Waals surface area contributed by atoms with Crippen LogP contribution in [0, 0.1) is 6.92 Å². The Hall–Kier alpha value is -2.23. The molecule has 0 radical (unpaired) electrons. The van der Waals surface area contributed by atoms with Crippen LogP contribution in [-0.2, 0) is 17.5 Å². The van der Waals surface area contributed by atoms with Crippen molar-refractivity contribution in [3.05, 3.63) is 41.2 Å². The summed E-state index contributed by atoms with van der Waals surface area (Å²) in [5.74, 6) is 3.81. The molecule has 0 unspecified atom stereocenters. The number of aromatic nitrogens is 3. The van der Waals surface area contributed by atoms with Gasteiger partial charge in [0, 0.05) is 13.1 Å². The molecule has 0 aliphatic rings. The van der Waals surface area contributed by atoms with E-state index in [-0.39, 0.29) is 16.8 Å². The summed E-state index contributed by atoms with van der Waals surface area (Å²) in [4.78, 5) is 14.1. The smallest absolute Gasteiger partial charge is 0.338 e. The van der Waals surface area contributed by atoms with Crippen molar-refractivity contribution in [2.75, 3.05) is 18.1 Å². The minimum absolute atomic E-state index is 0.0704. The molecular weight excluding hydrogens is 367 g/mol. The quantitative estimate of drug-likeness (QED) is 0.584. The topological polar surface area (TPSA) is 77.0 Å². The van der Waals surface area contributed by atoms with Crippen molar-refractivity contribution in [2.24, 2.45) is 0 Å². The first-order valence-electron chi connectivity index (χ1n) is 7.96. The molecule has 26 heavy (non-hydrogen) atoms. The molecule has 0 fully saturated rings. The molecule has 2 aromatic rings. The maximum absolute atomic E-state index is 12.7. The van der Waals surface area contributed by atoms with Crippen LogP contribution in [-0.4, -0.2) is 38.0 Å². The zero-order valence-corrected chi connectivity index (χ0v) is 15.3. The largest absolute Gasteiger partial charge is 0.453 e. The van der Waals surface area contributed by atoms with E-state index in [0.29, 0.717) is 17.8 Å². The lowest BCUT2D eigenvalue weighted by molar-refractivity contribution is -0.146. The van der Waals surface area contributed by atoms with Crippen LogP contribution in [0.15, 0.2) is 29.4 Å². The molecule has 2 rings (SSSR count). The highest BCUT2D eigenvalue weighted by Crippen LogP contribution is 2.28. The summed E-state index contributed by atoms with van der Waals surface area (Å²) in [6, 6.07) is 7.83. The monoisotopic (exact) mass is 387 g/mol. The van der Waals surface area contributed by atoms with Gasteiger partial charge < -0.3 is 10.7 Å². The van der Waals surface area contributed by atoms with Gasteiger partial charge in [-0.1, -0.05) is 48.5 Å². The fraction of sp³-hybridized carbons (Fsp3) is 0.438. The molecule has 0 bridgehead atoms. The summed E-state index contributed by atoms with van der Waals surface area (Å²) >= 11 is 0.832. The average Bonchev–Trinajstić information content (AvgIpc) is 2.95. The number of nitrogens with two attached hydrogens (primary N) is 1. The fourth-order valence-electron chi connectivity index (χ4n) is 2.26. The van der Waals surface area contributed by atoms with E-state index in [0.717, 1.165) is 29.3 Å². The summed E-state index contributed by atoms with van der Waals surface area (Å²) in [5.41, 5.74) is 2.11. The van der Waals surface area contributed by atoms with Gasteiger partial charge in [-0.3, -0.25) is 4.79 Å². The molecule has 0 saturated carbocycles. The van der Waals surface area contributed by atoms with Gasteiger partial charge in [0.2, 0.25) is 11.1 Å². The summed E-state index contributed by atoms with van der Waals surface area (Å²) < 4.78 is 38.4. The van der Waals surface area contributed by atoms with Gasteiger partial charge >= 0.3 is 6.18 Å². The van der Waals surface area contributed by atoms with Gasteiger partial charge in [-0.2, -0.15) is 13.2 Å². The first-order valence-corrected chi connectivity index (χ1v) is 8.94. The predicted octanol–water partition coefficient (Wildman–Crippen LogP) is 2.85. The Morgan fingerprint density at radius 2 is 1.92 bits per heavy atom. The molecule has 0 aliphatic carbocycles. The first-order chi connectivity index (χ1) is 12.2. The van der Waals surface area contributed by atoms with Crippen LogP contribution in [0.2, 0.25) is 0 Å². The average molecular weight is 387 g/mol. The van der Waals surface area contributed by atoms with Crippen LogP contribution in [0.25, 0.3) is 0 Å². The predicted molar refractivity (Wildman–Crippen MR) is 92.8 cm³/mol. The number of carbonyl (C=O) groups excluding carboxylic acids is 1. The molecule has 142 valence electrons. The second-order valence-corrected chi connectivity index (χ2v) is 6.71. The minimum Gasteiger partial charge on any atom is -0.338 e. The van der Waals surface area contributed by atoms with Gasteiger partial charge in [0.1, 0.15) is 0 Å². The lowest BCUT2D eigenvalue weighted by Crippen LogP contribution is -2.33. The van der Waals surface area contributed by atoms with Gasteiger partial charge in [0.25, 0.3) is 5.82 Å². The second-order valence-electron chi connectivity index (χ2n) is 5.76. The summed E-state index contributed by atoms with van der Waals surface area (Å²) in [5, 5.41) is 6.30. The van der Waals surface area contributed by atoms with Crippen molar-refractivity contribution in [1.29, 1.82) is 0 Å². The number of nitrogen functional groups attached to an aromatic ring is 1. The number of thioether (sulfide) groups is 1. The van der Waals surface area contributed by atoms with Gasteiger partial charge in [0.15, 0.2) is 0 Å². The van der Waals surface area contributed by atoms with Crippen molar-refractivity contribution >= 4 is 17.7 Å². The van der Waals surface area contributed by atoms with Crippen molar-refractivity contribution in [3.63, 3.8) is 0 Å². The molecule has 0 spiro atoms. The van der Waals surface area contributed by atoms with Crippen LogP contribution in [0.1, 0.15) is 30.3 Å². The number of amides is 1. The number of aryl methyl sites for hydroxylation is 1. The van der Waals surface area contributed by atoms with Crippen LogP contribution in [0.5, 0.6) is 0 Å². The van der Waals surface area contributed by atoms with Crippen molar-refractivity contribution in [3.8, 4) is 0 Å². The van der Waals surface area contributed by atoms with E-state index in [2.05, 4.69) is 10.2 Å². The molecule has 1 aromatic heterocycles. The third-order valence-corrected chi connectivity index (χ3v) is 4.51. The maximum Gasteiger partial charge on any atom is 0.453 e. The van der Waals surface area contributed by atoms with Crippen molar-refractivity contribution in [2.45, 2.75) is 38.1 Å². The fourth-order valence-corrected chi connectivity index (χ4v) is 3.02. The van der Waals surface area contributed by atoms with E-state index >= 15 is 0 Å². The van der Waals surface area contributed by atoms with Crippen LogP contribution in [0.4, 0.5) is 13.2 Å². The Kier molecular flexibility index (Phi) is 6.52. The van der Waals surface area contributed by atoms with E-state index in [9.17, 15) is 18.0 Å². The van der Waals surface area contributed by atoms with E-state index in [1.807, 2.05) is 38.1 Å². The molecule has 2 N–H and O–H groups in total. The highest BCUT2D eigenvalue weighted by Gasteiger charge is 2.38. The number of hydrogen-bond donors (Lipinski definition) is 1. The van der Waals surface area contributed by atoms with Gasteiger partial charge in [0.05, 0.1) is 5.75 Å². The Bertz CT molecular complexity index is 745. The van der Waals surface area contributed by atoms with Gasteiger partial charge in [-0.25, -0.2) is 4.68 Å². The number of rotatable bonds is 7. The zero-order chi connectivity index (χ0) is 19.3. The normalized spacial score (nSPS) is 11.6. The standard InChI is InChI=1S/C16H20F3N5OS/c1-3-8-23(9-12-6-4-11(2)5-7-12)13(25)10-26-15-22-21-14(24(15)20)16(17,18)19/h4-7H,3,8-10,20H2,1-2H3. The number of alkyl halides is 3. The summed E-state index contributed by atoms with van der Waals surface area (Å²) in [7, 11) is 0. The molecule has 0 atom stereocenters. The van der Waals surface area contributed by atoms with E-state index in [1.165, 1.54) is 0 Å². The number of nitrogens with zero attached hydrogens (tertiary/aromatic N) is 4. The van der Waals surface area contributed by atoms with Gasteiger partial charge in [-0.15, -0.1) is 10.2 Å². The molecule has 6 nitrogen and oxygen atoms in total. The third kappa shape index (κ3) is 5.13. The highest BCUT2D eigenvalue weighted by molar-refractivity contribution is 7.99. The van der Waals surface area contributed by atoms with Gasteiger partial charge in [-0.05, 0) is 18.9 Å². The van der Waals surface area contributed by atoms with Crippen LogP contribution < -0.4 is 5.84 Å². The Balaban J connectivity index is 2.01. The SMILES string of the molecule is CCCN(Cc1ccc(C)cc1)C(=O)CSc1nnc(C(F)(F)F)n1N. The van der Waals surface area contributed by atoms with E-state index < -0.39 is 12.0 Å². The summed E-state index contributed by atoms with van der Waals surface area (Å²) in [6.07, 6.45) is -3.92. The third-order valence-electron chi connectivity index (χ3n) is 3.58. The first kappa shape index (κ1) is 20.1. The molecule has 1 aromatic carbocycles. The highest BCUT2D eigenvalue weighted by atomic mass is 32.2. The number of hydrogen-bond acceptors (Lipinski definition) is 5. The van der Waals surface area contributed by atoms with Crippen LogP contribution >= 0.6 is 11.8 Å². The lowest BCUT2D eigenvalue weighted by atomic mass is 10.1. The molecule has 0 aliphatic heterocycles. The zero-order valence-electron chi connectivity index (χ0n) is 14.5. The number of carbonyl (C=O) groups is 1. The van der Waals surface area contributed by atoms with Crippen molar-refractivity contribution in [1.82, 2.24) is 19.8 Å². The Morgan fingerprint density at radius 1 is 1.27 bits per heavy atom. The molecule has 0 saturated heterocycles. The van der Waals surface area contributed by atoms with E-state index in [1.54, 1.807) is 4.90 Å². The maximum atomic E-state index is 12.7. The second kappa shape index (κ2) is 8.43. The van der Waals surface area contributed by atoms with Crippen LogP contribution in [0.3, 0.4) is 0 Å². The Morgan fingerprint density at radius 3 is 2.46 bits per heavy atom. The molecule has 10 heteroatoms. The minimum atomic E-state index is -4.69. The van der Waals surface area contributed by atoms with Crippen molar-refractivity contribution < 1.29 is 18.0 Å². The number of benzene rings is 1. The Labute approximate surface area is 153 Å². The summed E-state index contributed by atoms with van der Waals surface area (Å²) in [6.45, 7) is 4.93.